The number of halogens is 2. The number of carbonyl (C=O) groups is 2. The topological polar surface area (TPSA) is 97.0 Å². The number of esters is 1. The summed E-state index contributed by atoms with van der Waals surface area (Å²) in [6.45, 7) is 3.43. The van der Waals surface area contributed by atoms with E-state index in [1.807, 2.05) is 13.8 Å². The van der Waals surface area contributed by atoms with Crippen molar-refractivity contribution in [3.63, 3.8) is 0 Å². The van der Waals surface area contributed by atoms with Gasteiger partial charge in [0.1, 0.15) is 5.82 Å². The highest BCUT2D eigenvalue weighted by molar-refractivity contribution is 7.14. The second kappa shape index (κ2) is 9.74. The van der Waals surface area contributed by atoms with Gasteiger partial charge >= 0.3 is 5.97 Å². The Morgan fingerprint density at radius 3 is 2.52 bits per heavy atom. The number of hydrogen-bond acceptors (Lipinski definition) is 6. The van der Waals surface area contributed by atoms with Gasteiger partial charge in [-0.05, 0) is 44.2 Å². The number of aromatic amines is 1. The standard InChI is InChI=1S/C23H18Cl2N4O3S/c1-12-13(2)27-21(26-12)14-3-5-15(6-4-14)22(31)32-10-20(30)29-23-28-19(11-33-23)17-8-7-16(24)9-18(17)25/h3-9,11H,10H2,1-2H3,(H,26,27)(H,28,29,30). The monoisotopic (exact) mass is 500 g/mol. The molecule has 2 N–H and O–H groups in total. The Labute approximate surface area is 203 Å². The van der Waals surface area contributed by atoms with Crippen LogP contribution < -0.4 is 5.32 Å². The van der Waals surface area contributed by atoms with Crippen LogP contribution in [0.1, 0.15) is 21.7 Å². The van der Waals surface area contributed by atoms with Gasteiger partial charge in [0.25, 0.3) is 5.91 Å². The number of nitrogens with zero attached hydrogens (tertiary/aromatic N) is 2. The van der Waals surface area contributed by atoms with Crippen molar-refractivity contribution in [3.05, 3.63) is 74.8 Å². The Morgan fingerprint density at radius 2 is 1.85 bits per heavy atom. The fourth-order valence-electron chi connectivity index (χ4n) is 2.97. The number of benzene rings is 2. The molecule has 0 radical (unpaired) electrons. The molecule has 0 atom stereocenters. The minimum absolute atomic E-state index is 0.334. The second-order valence-corrected chi connectivity index (χ2v) is 8.86. The first-order valence-corrected chi connectivity index (χ1v) is 11.5. The molecule has 4 rings (SSSR count). The average Bonchev–Trinajstić information content (AvgIpc) is 3.38. The predicted molar refractivity (Wildman–Crippen MR) is 130 cm³/mol. The molecule has 2 heterocycles. The molecule has 0 saturated carbocycles. The maximum atomic E-state index is 12.3. The highest BCUT2D eigenvalue weighted by Gasteiger charge is 2.14. The molecule has 0 aliphatic heterocycles. The Bertz CT molecular complexity index is 1310. The zero-order valence-electron chi connectivity index (χ0n) is 17.6. The highest BCUT2D eigenvalue weighted by Crippen LogP contribution is 2.32. The number of nitrogens with one attached hydrogen (secondary N) is 2. The van der Waals surface area contributed by atoms with E-state index in [9.17, 15) is 9.59 Å². The lowest BCUT2D eigenvalue weighted by Gasteiger charge is -2.05. The van der Waals surface area contributed by atoms with Crippen LogP contribution in [0.15, 0.2) is 47.8 Å². The van der Waals surface area contributed by atoms with Gasteiger partial charge < -0.3 is 9.72 Å². The van der Waals surface area contributed by atoms with Crippen molar-refractivity contribution in [1.29, 1.82) is 0 Å². The maximum absolute atomic E-state index is 12.3. The summed E-state index contributed by atoms with van der Waals surface area (Å²) in [5, 5.41) is 5.73. The minimum Gasteiger partial charge on any atom is -0.452 e. The molecule has 0 bridgehead atoms. The summed E-state index contributed by atoms with van der Waals surface area (Å²) in [5.41, 5.74) is 4.40. The van der Waals surface area contributed by atoms with Gasteiger partial charge in [-0.1, -0.05) is 35.3 Å². The van der Waals surface area contributed by atoms with Crippen molar-refractivity contribution in [3.8, 4) is 22.6 Å². The normalized spacial score (nSPS) is 10.8. The molecule has 0 aliphatic carbocycles. The summed E-state index contributed by atoms with van der Waals surface area (Å²) >= 11 is 13.4. The number of amides is 1. The number of anilines is 1. The van der Waals surface area contributed by atoms with Crippen LogP contribution in [0.3, 0.4) is 0 Å². The van der Waals surface area contributed by atoms with E-state index in [1.54, 1.807) is 47.8 Å². The Morgan fingerprint density at radius 1 is 1.09 bits per heavy atom. The van der Waals surface area contributed by atoms with Crippen LogP contribution in [0.25, 0.3) is 22.6 Å². The number of aromatic nitrogens is 3. The third-order valence-electron chi connectivity index (χ3n) is 4.81. The maximum Gasteiger partial charge on any atom is 0.338 e. The summed E-state index contributed by atoms with van der Waals surface area (Å²) in [4.78, 5) is 36.5. The van der Waals surface area contributed by atoms with E-state index >= 15 is 0 Å². The predicted octanol–water partition coefficient (Wildman–Crippen LogP) is 5.92. The number of imidazole rings is 1. The summed E-state index contributed by atoms with van der Waals surface area (Å²) < 4.78 is 5.12. The molecule has 0 spiro atoms. The van der Waals surface area contributed by atoms with Crippen molar-refractivity contribution < 1.29 is 14.3 Å². The first-order valence-electron chi connectivity index (χ1n) is 9.81. The second-order valence-electron chi connectivity index (χ2n) is 7.16. The van der Waals surface area contributed by atoms with Crippen LogP contribution in [0.2, 0.25) is 10.0 Å². The number of thiazole rings is 1. The molecule has 168 valence electrons. The van der Waals surface area contributed by atoms with E-state index in [0.717, 1.165) is 22.8 Å². The van der Waals surface area contributed by atoms with E-state index in [0.29, 0.717) is 32.0 Å². The van der Waals surface area contributed by atoms with Gasteiger partial charge in [-0.3, -0.25) is 10.1 Å². The smallest absolute Gasteiger partial charge is 0.338 e. The third-order valence-corrected chi connectivity index (χ3v) is 6.12. The van der Waals surface area contributed by atoms with Gasteiger partial charge in [0.05, 0.1) is 22.0 Å². The van der Waals surface area contributed by atoms with Crippen LogP contribution >= 0.6 is 34.5 Å². The quantitative estimate of drug-likeness (QED) is 0.320. The molecule has 10 heteroatoms. The highest BCUT2D eigenvalue weighted by atomic mass is 35.5. The van der Waals surface area contributed by atoms with Crippen LogP contribution in [-0.2, 0) is 9.53 Å². The average molecular weight is 501 g/mol. The Balaban J connectivity index is 1.32. The largest absolute Gasteiger partial charge is 0.452 e. The summed E-state index contributed by atoms with van der Waals surface area (Å²) in [6.07, 6.45) is 0. The number of aryl methyl sites for hydroxylation is 2. The fourth-order valence-corrected chi connectivity index (χ4v) is 4.20. The lowest BCUT2D eigenvalue weighted by Crippen LogP contribution is -2.20. The lowest BCUT2D eigenvalue weighted by molar-refractivity contribution is -0.119. The molecule has 33 heavy (non-hydrogen) atoms. The third kappa shape index (κ3) is 5.42. The summed E-state index contributed by atoms with van der Waals surface area (Å²) in [6, 6.07) is 11.9. The van der Waals surface area contributed by atoms with Gasteiger partial charge in [0.15, 0.2) is 11.7 Å². The van der Waals surface area contributed by atoms with E-state index in [4.69, 9.17) is 27.9 Å². The van der Waals surface area contributed by atoms with Crippen molar-refractivity contribution in [1.82, 2.24) is 15.0 Å². The van der Waals surface area contributed by atoms with Crippen molar-refractivity contribution in [2.24, 2.45) is 0 Å². The first-order chi connectivity index (χ1) is 15.8. The van der Waals surface area contributed by atoms with E-state index in [1.165, 1.54) is 11.3 Å². The number of carbonyl (C=O) groups excluding carboxylic acids is 2. The van der Waals surface area contributed by atoms with Crippen LogP contribution in [0.4, 0.5) is 5.13 Å². The van der Waals surface area contributed by atoms with Gasteiger partial charge in [0.2, 0.25) is 0 Å². The SMILES string of the molecule is Cc1nc(-c2ccc(C(=O)OCC(=O)Nc3nc(-c4ccc(Cl)cc4Cl)cs3)cc2)[nH]c1C. The van der Waals surface area contributed by atoms with Gasteiger partial charge in [0, 0.05) is 27.2 Å². The molecule has 2 aromatic heterocycles. The molecule has 7 nitrogen and oxygen atoms in total. The molecule has 1 amide bonds. The number of hydrogen-bond donors (Lipinski definition) is 2. The van der Waals surface area contributed by atoms with E-state index in [2.05, 4.69) is 20.3 Å². The summed E-state index contributed by atoms with van der Waals surface area (Å²) in [5.74, 6) is -0.368. The Hall–Kier alpha value is -3.20. The van der Waals surface area contributed by atoms with E-state index in [-0.39, 0.29) is 0 Å². The number of rotatable bonds is 6. The van der Waals surface area contributed by atoms with Gasteiger partial charge in [-0.15, -0.1) is 11.3 Å². The zero-order valence-corrected chi connectivity index (χ0v) is 19.9. The molecule has 0 unspecified atom stereocenters. The van der Waals surface area contributed by atoms with Crippen LogP contribution in [-0.4, -0.2) is 33.4 Å². The molecular weight excluding hydrogens is 483 g/mol. The fraction of sp³-hybridized carbons (Fsp3) is 0.130. The van der Waals surface area contributed by atoms with Crippen molar-refractivity contribution >= 4 is 51.5 Å². The van der Waals surface area contributed by atoms with Crippen LogP contribution in [0, 0.1) is 13.8 Å². The van der Waals surface area contributed by atoms with Gasteiger partial charge in [-0.2, -0.15) is 0 Å². The molecule has 0 fully saturated rings. The Kier molecular flexibility index (Phi) is 6.78. The van der Waals surface area contributed by atoms with Crippen LogP contribution in [0.5, 0.6) is 0 Å². The van der Waals surface area contributed by atoms with Gasteiger partial charge in [-0.25, -0.2) is 14.8 Å². The summed E-state index contributed by atoms with van der Waals surface area (Å²) in [7, 11) is 0. The van der Waals surface area contributed by atoms with E-state index < -0.39 is 18.5 Å². The number of ether oxygens (including phenoxy) is 1. The van der Waals surface area contributed by atoms with Crippen molar-refractivity contribution in [2.75, 3.05) is 11.9 Å². The molecule has 2 aromatic carbocycles. The minimum atomic E-state index is -0.601. The molecular formula is C23H18Cl2N4O3S. The number of H-pyrrole nitrogens is 1. The first kappa shape index (κ1) is 23.0. The molecule has 0 aliphatic rings. The zero-order chi connectivity index (χ0) is 23.5. The molecule has 4 aromatic rings. The van der Waals surface area contributed by atoms with Crippen molar-refractivity contribution in [2.45, 2.75) is 13.8 Å². The lowest BCUT2D eigenvalue weighted by atomic mass is 10.1. The molecule has 0 saturated heterocycles.